The molecule has 2 N–H and O–H groups in total. The summed E-state index contributed by atoms with van der Waals surface area (Å²) in [4.78, 5) is 14.3. The van der Waals surface area contributed by atoms with Crippen molar-refractivity contribution in [2.75, 3.05) is 23.3 Å². The summed E-state index contributed by atoms with van der Waals surface area (Å²) < 4.78 is 5.96. The molecule has 1 aliphatic rings. The van der Waals surface area contributed by atoms with Crippen molar-refractivity contribution in [1.29, 1.82) is 5.26 Å². The number of hydrogen-bond donors (Lipinski definition) is 2. The van der Waals surface area contributed by atoms with Crippen LogP contribution in [0.5, 0.6) is 11.5 Å². The molecule has 0 bridgehead atoms. The van der Waals surface area contributed by atoms with E-state index in [2.05, 4.69) is 48.3 Å². The zero-order valence-electron chi connectivity index (χ0n) is 20.3. The number of ether oxygens (including phenoxy) is 1. The highest BCUT2D eigenvalue weighted by atomic mass is 16.5. The minimum absolute atomic E-state index is 0.0158. The first-order valence-corrected chi connectivity index (χ1v) is 12.3. The first-order valence-electron chi connectivity index (χ1n) is 12.3. The Morgan fingerprint density at radius 1 is 1.00 bits per heavy atom. The molecular weight excluding hydrogens is 438 g/mol. The molecule has 0 amide bonds. The van der Waals surface area contributed by atoms with Crippen LogP contribution in [0.15, 0.2) is 54.6 Å². The maximum Gasteiger partial charge on any atom is 0.338 e. The second-order valence-corrected chi connectivity index (χ2v) is 8.91. The highest BCUT2D eigenvalue weighted by Crippen LogP contribution is 2.44. The Labute approximate surface area is 206 Å². The number of nitrogens with zero attached hydrogens (tertiary/aromatic N) is 2. The van der Waals surface area contributed by atoms with E-state index in [1.54, 1.807) is 6.07 Å². The summed E-state index contributed by atoms with van der Waals surface area (Å²) in [5.74, 6) is -0.165. The summed E-state index contributed by atoms with van der Waals surface area (Å²) in [6, 6.07) is 19.6. The normalized spacial score (nSPS) is 11.5. The molecule has 1 heterocycles. The van der Waals surface area contributed by atoms with E-state index in [1.165, 1.54) is 43.0 Å². The maximum absolute atomic E-state index is 11.8. The Morgan fingerprint density at radius 3 is 2.43 bits per heavy atom. The predicted molar refractivity (Wildman–Crippen MR) is 139 cm³/mol. The fourth-order valence-corrected chi connectivity index (χ4v) is 4.35. The molecule has 0 saturated carbocycles. The van der Waals surface area contributed by atoms with Crippen LogP contribution in [-0.2, 0) is 6.42 Å². The van der Waals surface area contributed by atoms with Crippen LogP contribution >= 0.6 is 0 Å². The molecule has 0 atom stereocenters. The van der Waals surface area contributed by atoms with Crippen molar-refractivity contribution in [1.82, 2.24) is 0 Å². The van der Waals surface area contributed by atoms with Gasteiger partial charge in [-0.2, -0.15) is 5.26 Å². The number of nitriles is 1. The van der Waals surface area contributed by atoms with Crippen molar-refractivity contribution in [2.45, 2.75) is 46.0 Å². The molecule has 0 fully saturated rings. The molecule has 4 rings (SSSR count). The second-order valence-electron chi connectivity index (χ2n) is 8.91. The predicted octanol–water partition coefficient (Wildman–Crippen LogP) is 7.10. The monoisotopic (exact) mass is 469 g/mol. The highest BCUT2D eigenvalue weighted by Gasteiger charge is 2.24. The summed E-state index contributed by atoms with van der Waals surface area (Å²) in [6.07, 6.45) is 5.47. The van der Waals surface area contributed by atoms with Gasteiger partial charge in [0.05, 0.1) is 28.6 Å². The summed E-state index contributed by atoms with van der Waals surface area (Å²) in [5.41, 5.74) is 4.92. The van der Waals surface area contributed by atoms with Gasteiger partial charge in [0.2, 0.25) is 0 Å². The van der Waals surface area contributed by atoms with Gasteiger partial charge in [-0.1, -0.05) is 44.9 Å². The lowest BCUT2D eigenvalue weighted by atomic mass is 10.0. The van der Waals surface area contributed by atoms with Crippen molar-refractivity contribution >= 4 is 23.0 Å². The van der Waals surface area contributed by atoms with Gasteiger partial charge in [0, 0.05) is 24.8 Å². The fourth-order valence-electron chi connectivity index (χ4n) is 4.35. The topological polar surface area (TPSA) is 85.6 Å². The molecule has 0 aromatic heterocycles. The molecule has 35 heavy (non-hydrogen) atoms. The van der Waals surface area contributed by atoms with Crippen LogP contribution in [0.4, 0.5) is 17.1 Å². The SMILES string of the molecule is CCCCN(CCCC)c1cccc(Cc2ccc3c(c2)Nc2c(cc(C#N)cc2C(=O)O)O3)c1. The molecule has 0 aliphatic carbocycles. The van der Waals surface area contributed by atoms with Crippen LogP contribution < -0.4 is 15.0 Å². The third-order valence-electron chi connectivity index (χ3n) is 6.23. The lowest BCUT2D eigenvalue weighted by Gasteiger charge is -2.25. The summed E-state index contributed by atoms with van der Waals surface area (Å²) in [7, 11) is 0. The van der Waals surface area contributed by atoms with Gasteiger partial charge in [-0.05, 0) is 60.7 Å². The number of carboxylic acid groups (broad SMARTS) is 1. The van der Waals surface area contributed by atoms with Gasteiger partial charge in [-0.3, -0.25) is 0 Å². The number of nitrogens with one attached hydrogen (secondary N) is 1. The Morgan fingerprint density at radius 2 is 1.74 bits per heavy atom. The van der Waals surface area contributed by atoms with Gasteiger partial charge in [0.15, 0.2) is 11.5 Å². The minimum Gasteiger partial charge on any atom is -0.478 e. The largest absolute Gasteiger partial charge is 0.478 e. The van der Waals surface area contributed by atoms with Crippen molar-refractivity contribution in [3.63, 3.8) is 0 Å². The number of carboxylic acids is 1. The minimum atomic E-state index is -1.11. The third-order valence-corrected chi connectivity index (χ3v) is 6.23. The molecule has 0 unspecified atom stereocenters. The van der Waals surface area contributed by atoms with E-state index in [0.717, 1.165) is 25.1 Å². The third kappa shape index (κ3) is 5.58. The molecule has 3 aromatic rings. The fraction of sp³-hybridized carbons (Fsp3) is 0.310. The summed E-state index contributed by atoms with van der Waals surface area (Å²) in [6.45, 7) is 6.59. The lowest BCUT2D eigenvalue weighted by Crippen LogP contribution is -2.25. The standard InChI is InChI=1S/C29H31N3O3/c1-3-5-12-32(13-6-4-2)23-9-7-8-20(15-23)14-21-10-11-26-25(17-21)31-28-24(29(33)34)16-22(19-30)18-27(28)35-26/h7-11,15-18,31H,3-6,12-14H2,1-2H3,(H,33,34). The number of carbonyl (C=O) groups is 1. The zero-order valence-corrected chi connectivity index (χ0v) is 20.3. The molecule has 3 aromatic carbocycles. The number of aromatic carboxylic acids is 1. The number of fused-ring (bicyclic) bond motifs is 2. The van der Waals surface area contributed by atoms with Gasteiger partial charge in [-0.25, -0.2) is 4.79 Å². The van der Waals surface area contributed by atoms with E-state index >= 15 is 0 Å². The quantitative estimate of drug-likeness (QED) is 0.258. The average molecular weight is 470 g/mol. The van der Waals surface area contributed by atoms with Crippen molar-refractivity contribution in [3.05, 3.63) is 76.9 Å². The van der Waals surface area contributed by atoms with Crippen molar-refractivity contribution in [2.24, 2.45) is 0 Å². The van der Waals surface area contributed by atoms with E-state index < -0.39 is 5.97 Å². The molecular formula is C29H31N3O3. The number of rotatable bonds is 10. The lowest BCUT2D eigenvalue weighted by molar-refractivity contribution is 0.0697. The molecule has 0 saturated heterocycles. The van der Waals surface area contributed by atoms with E-state index in [9.17, 15) is 15.2 Å². The molecule has 180 valence electrons. The Balaban J connectivity index is 1.57. The van der Waals surface area contributed by atoms with E-state index in [-0.39, 0.29) is 11.1 Å². The van der Waals surface area contributed by atoms with Gasteiger partial charge >= 0.3 is 5.97 Å². The van der Waals surface area contributed by atoms with Crippen LogP contribution in [0.25, 0.3) is 0 Å². The van der Waals surface area contributed by atoms with Gasteiger partial charge in [0.1, 0.15) is 0 Å². The molecule has 6 nitrogen and oxygen atoms in total. The van der Waals surface area contributed by atoms with Crippen LogP contribution in [0.1, 0.15) is 66.6 Å². The van der Waals surface area contributed by atoms with Crippen LogP contribution in [-0.4, -0.2) is 24.2 Å². The Hall–Kier alpha value is -3.98. The Kier molecular flexibility index (Phi) is 7.57. The van der Waals surface area contributed by atoms with E-state index in [1.807, 2.05) is 24.3 Å². The number of unbranched alkanes of at least 4 members (excludes halogenated alkanes) is 2. The van der Waals surface area contributed by atoms with Gasteiger partial charge in [-0.15, -0.1) is 0 Å². The Bertz CT molecular complexity index is 1250. The van der Waals surface area contributed by atoms with Crippen LogP contribution in [0.2, 0.25) is 0 Å². The van der Waals surface area contributed by atoms with Crippen molar-refractivity contribution in [3.8, 4) is 17.6 Å². The van der Waals surface area contributed by atoms with Crippen LogP contribution in [0.3, 0.4) is 0 Å². The number of anilines is 3. The smallest absolute Gasteiger partial charge is 0.338 e. The second kappa shape index (κ2) is 11.0. The molecule has 0 radical (unpaired) electrons. The van der Waals surface area contributed by atoms with Gasteiger partial charge < -0.3 is 20.1 Å². The summed E-state index contributed by atoms with van der Waals surface area (Å²) >= 11 is 0. The number of hydrogen-bond acceptors (Lipinski definition) is 5. The molecule has 6 heteroatoms. The van der Waals surface area contributed by atoms with E-state index in [4.69, 9.17) is 4.74 Å². The number of benzene rings is 3. The van der Waals surface area contributed by atoms with E-state index in [0.29, 0.717) is 22.9 Å². The summed E-state index contributed by atoms with van der Waals surface area (Å²) in [5, 5.41) is 22.1. The molecule has 0 spiro atoms. The highest BCUT2D eigenvalue weighted by molar-refractivity contribution is 5.99. The maximum atomic E-state index is 11.8. The molecule has 1 aliphatic heterocycles. The first kappa shape index (κ1) is 24.2. The average Bonchev–Trinajstić information content (AvgIpc) is 2.87. The van der Waals surface area contributed by atoms with Crippen LogP contribution in [0, 0.1) is 11.3 Å². The van der Waals surface area contributed by atoms with Crippen molar-refractivity contribution < 1.29 is 14.6 Å². The van der Waals surface area contributed by atoms with Gasteiger partial charge in [0.25, 0.3) is 0 Å². The first-order chi connectivity index (χ1) is 17.0. The zero-order chi connectivity index (χ0) is 24.8.